The lowest BCUT2D eigenvalue weighted by Crippen LogP contribution is -2.50. The van der Waals surface area contributed by atoms with E-state index in [1.807, 2.05) is 11.8 Å². The lowest BCUT2D eigenvalue weighted by Gasteiger charge is -2.38. The number of rotatable bonds is 3. The lowest BCUT2D eigenvalue weighted by atomic mass is 9.99. The summed E-state index contributed by atoms with van der Waals surface area (Å²) in [5.74, 6) is 1.79. The van der Waals surface area contributed by atoms with E-state index in [2.05, 4.69) is 36.1 Å². The van der Waals surface area contributed by atoms with Gasteiger partial charge in [0, 0.05) is 35.7 Å². The van der Waals surface area contributed by atoms with Crippen molar-refractivity contribution in [1.82, 2.24) is 4.90 Å². The third-order valence-corrected chi connectivity index (χ3v) is 5.34. The van der Waals surface area contributed by atoms with Gasteiger partial charge in [-0.05, 0) is 18.6 Å². The van der Waals surface area contributed by atoms with Gasteiger partial charge in [0.2, 0.25) is 0 Å². The first kappa shape index (κ1) is 13.4. The van der Waals surface area contributed by atoms with Gasteiger partial charge < -0.3 is 9.84 Å². The number of nitrogens with zero attached hydrogens (tertiary/aromatic N) is 1. The highest BCUT2D eigenvalue weighted by molar-refractivity contribution is 7.99. The minimum Gasteiger partial charge on any atom is -0.394 e. The van der Waals surface area contributed by atoms with E-state index in [1.54, 1.807) is 0 Å². The molecular weight excluding hydrogens is 258 g/mol. The van der Waals surface area contributed by atoms with Crippen LogP contribution >= 0.6 is 11.8 Å². The Balaban J connectivity index is 1.68. The highest BCUT2D eigenvalue weighted by Crippen LogP contribution is 2.40. The van der Waals surface area contributed by atoms with Gasteiger partial charge in [0.05, 0.1) is 19.3 Å². The normalized spacial score (nSPS) is 31.4. The fraction of sp³-hybridized carbons (Fsp3) is 0.600. The quantitative estimate of drug-likeness (QED) is 0.917. The Bertz CT molecular complexity index is 440. The van der Waals surface area contributed by atoms with Gasteiger partial charge in [-0.15, -0.1) is 11.8 Å². The second-order valence-corrected chi connectivity index (χ2v) is 6.55. The Labute approximate surface area is 118 Å². The SMILES string of the molecule is CC1COC(CO)CN1CC1CSc2ccccc21. The van der Waals surface area contributed by atoms with Crippen molar-refractivity contribution in [3.8, 4) is 0 Å². The van der Waals surface area contributed by atoms with Crippen LogP contribution in [-0.4, -0.2) is 54.2 Å². The molecule has 19 heavy (non-hydrogen) atoms. The summed E-state index contributed by atoms with van der Waals surface area (Å²) in [6.45, 7) is 4.99. The van der Waals surface area contributed by atoms with Crippen molar-refractivity contribution >= 4 is 11.8 Å². The summed E-state index contributed by atoms with van der Waals surface area (Å²) >= 11 is 1.97. The van der Waals surface area contributed by atoms with Crippen molar-refractivity contribution in [3.63, 3.8) is 0 Å². The number of aliphatic hydroxyl groups is 1. The Morgan fingerprint density at radius 2 is 2.26 bits per heavy atom. The van der Waals surface area contributed by atoms with Crippen LogP contribution in [0.15, 0.2) is 29.2 Å². The summed E-state index contributed by atoms with van der Waals surface area (Å²) in [6.07, 6.45) is -0.0134. The molecule has 2 aliphatic rings. The Kier molecular flexibility index (Phi) is 4.12. The van der Waals surface area contributed by atoms with Gasteiger partial charge in [0.15, 0.2) is 0 Å². The molecule has 104 valence electrons. The molecule has 1 aromatic carbocycles. The maximum Gasteiger partial charge on any atom is 0.0933 e. The molecule has 4 heteroatoms. The maximum absolute atomic E-state index is 9.26. The van der Waals surface area contributed by atoms with Crippen LogP contribution in [0.25, 0.3) is 0 Å². The fourth-order valence-electron chi connectivity index (χ4n) is 2.90. The van der Waals surface area contributed by atoms with Gasteiger partial charge in [0.25, 0.3) is 0 Å². The van der Waals surface area contributed by atoms with Crippen molar-refractivity contribution in [2.45, 2.75) is 29.9 Å². The molecule has 0 spiro atoms. The topological polar surface area (TPSA) is 32.7 Å². The van der Waals surface area contributed by atoms with E-state index in [9.17, 15) is 5.11 Å². The standard InChI is InChI=1S/C15H21NO2S/c1-11-9-18-13(8-17)7-16(11)6-12-10-19-15-5-3-2-4-14(12)15/h2-5,11-13,17H,6-10H2,1H3. The third kappa shape index (κ3) is 2.82. The molecule has 1 fully saturated rings. The van der Waals surface area contributed by atoms with Gasteiger partial charge in [0.1, 0.15) is 0 Å². The maximum atomic E-state index is 9.26. The molecule has 2 aliphatic heterocycles. The van der Waals surface area contributed by atoms with Gasteiger partial charge in [-0.3, -0.25) is 4.90 Å². The first-order valence-corrected chi connectivity index (χ1v) is 7.94. The van der Waals surface area contributed by atoms with Gasteiger partial charge >= 0.3 is 0 Å². The molecule has 2 heterocycles. The molecule has 1 N–H and O–H groups in total. The molecule has 1 saturated heterocycles. The summed E-state index contributed by atoms with van der Waals surface area (Å²) < 4.78 is 5.61. The number of hydrogen-bond acceptors (Lipinski definition) is 4. The van der Waals surface area contributed by atoms with E-state index in [0.717, 1.165) is 19.7 Å². The number of morpholine rings is 1. The van der Waals surface area contributed by atoms with E-state index in [1.165, 1.54) is 16.2 Å². The zero-order valence-electron chi connectivity index (χ0n) is 11.3. The van der Waals surface area contributed by atoms with Crippen LogP contribution in [0, 0.1) is 0 Å². The zero-order valence-corrected chi connectivity index (χ0v) is 12.1. The molecule has 0 radical (unpaired) electrons. The molecule has 0 amide bonds. The number of ether oxygens (including phenoxy) is 1. The summed E-state index contributed by atoms with van der Waals surface area (Å²) in [5, 5.41) is 9.26. The second kappa shape index (κ2) is 5.83. The van der Waals surface area contributed by atoms with E-state index in [4.69, 9.17) is 4.74 Å². The fourth-order valence-corrected chi connectivity index (χ4v) is 4.15. The molecule has 0 aromatic heterocycles. The number of aliphatic hydroxyl groups excluding tert-OH is 1. The first-order chi connectivity index (χ1) is 9.28. The summed E-state index contributed by atoms with van der Waals surface area (Å²) in [4.78, 5) is 3.91. The number of thioether (sulfide) groups is 1. The molecule has 3 atom stereocenters. The van der Waals surface area contributed by atoms with Crippen LogP contribution in [0.2, 0.25) is 0 Å². The van der Waals surface area contributed by atoms with E-state index >= 15 is 0 Å². The average molecular weight is 279 g/mol. The molecule has 3 rings (SSSR count). The number of hydrogen-bond donors (Lipinski definition) is 1. The molecule has 1 aromatic rings. The largest absolute Gasteiger partial charge is 0.394 e. The van der Waals surface area contributed by atoms with Crippen LogP contribution in [-0.2, 0) is 4.74 Å². The molecule has 3 nitrogen and oxygen atoms in total. The highest BCUT2D eigenvalue weighted by atomic mass is 32.2. The first-order valence-electron chi connectivity index (χ1n) is 6.96. The summed E-state index contributed by atoms with van der Waals surface area (Å²) in [6, 6.07) is 9.18. The van der Waals surface area contributed by atoms with Gasteiger partial charge in [-0.1, -0.05) is 18.2 Å². The van der Waals surface area contributed by atoms with Crippen molar-refractivity contribution in [3.05, 3.63) is 29.8 Å². The molecule has 0 saturated carbocycles. The van der Waals surface area contributed by atoms with Gasteiger partial charge in [-0.25, -0.2) is 0 Å². The van der Waals surface area contributed by atoms with Crippen LogP contribution in [0.3, 0.4) is 0 Å². The summed E-state index contributed by atoms with van der Waals surface area (Å²) in [5.41, 5.74) is 1.49. The predicted octanol–water partition coefficient (Wildman–Crippen LogP) is 1.96. The Hall–Kier alpha value is -0.550. The van der Waals surface area contributed by atoms with Crippen LogP contribution in [0.4, 0.5) is 0 Å². The predicted molar refractivity (Wildman–Crippen MR) is 77.8 cm³/mol. The second-order valence-electron chi connectivity index (χ2n) is 5.49. The Morgan fingerprint density at radius 3 is 3.11 bits per heavy atom. The van der Waals surface area contributed by atoms with E-state index in [0.29, 0.717) is 12.0 Å². The van der Waals surface area contributed by atoms with Crippen molar-refractivity contribution in [1.29, 1.82) is 0 Å². The summed E-state index contributed by atoms with van der Waals surface area (Å²) in [7, 11) is 0. The van der Waals surface area contributed by atoms with E-state index < -0.39 is 0 Å². The van der Waals surface area contributed by atoms with Crippen molar-refractivity contribution in [2.75, 3.05) is 32.1 Å². The van der Waals surface area contributed by atoms with Crippen molar-refractivity contribution in [2.24, 2.45) is 0 Å². The van der Waals surface area contributed by atoms with Crippen LogP contribution in [0.5, 0.6) is 0 Å². The highest BCUT2D eigenvalue weighted by Gasteiger charge is 2.30. The minimum absolute atomic E-state index is 0.0134. The van der Waals surface area contributed by atoms with Gasteiger partial charge in [-0.2, -0.15) is 0 Å². The Morgan fingerprint density at radius 1 is 1.42 bits per heavy atom. The molecule has 0 aliphatic carbocycles. The molecule has 0 bridgehead atoms. The number of fused-ring (bicyclic) bond motifs is 1. The van der Waals surface area contributed by atoms with E-state index in [-0.39, 0.29) is 12.7 Å². The smallest absolute Gasteiger partial charge is 0.0933 e. The number of benzene rings is 1. The lowest BCUT2D eigenvalue weighted by molar-refractivity contribution is -0.0786. The van der Waals surface area contributed by atoms with Crippen molar-refractivity contribution < 1.29 is 9.84 Å². The average Bonchev–Trinajstić information content (AvgIpc) is 2.85. The third-order valence-electron chi connectivity index (χ3n) is 4.09. The molecular formula is C15H21NO2S. The van der Waals surface area contributed by atoms with Crippen LogP contribution in [0.1, 0.15) is 18.4 Å². The van der Waals surface area contributed by atoms with Crippen LogP contribution < -0.4 is 0 Å². The zero-order chi connectivity index (χ0) is 13.2. The monoisotopic (exact) mass is 279 g/mol. The molecule has 3 unspecified atom stereocenters. The minimum atomic E-state index is -0.0134.